The van der Waals surface area contributed by atoms with Gasteiger partial charge in [-0.15, -0.1) is 0 Å². The van der Waals surface area contributed by atoms with Crippen molar-refractivity contribution in [2.75, 3.05) is 31.1 Å². The second kappa shape index (κ2) is 8.20. The van der Waals surface area contributed by atoms with Gasteiger partial charge >= 0.3 is 5.97 Å². The van der Waals surface area contributed by atoms with Crippen molar-refractivity contribution in [3.63, 3.8) is 0 Å². The molecule has 0 bridgehead atoms. The van der Waals surface area contributed by atoms with Gasteiger partial charge in [-0.25, -0.2) is 4.79 Å². The minimum absolute atomic E-state index is 0.0548. The summed E-state index contributed by atoms with van der Waals surface area (Å²) in [5.74, 6) is -1.24. The molecule has 0 radical (unpaired) electrons. The van der Waals surface area contributed by atoms with Crippen LogP contribution in [-0.2, 0) is 11.3 Å². The number of benzene rings is 2. The Balaban J connectivity index is 1.50. The molecule has 1 fully saturated rings. The molecule has 0 spiro atoms. The molecule has 0 unspecified atom stereocenters. The van der Waals surface area contributed by atoms with Crippen LogP contribution >= 0.6 is 11.6 Å². The first kappa shape index (κ1) is 20.0. The van der Waals surface area contributed by atoms with Gasteiger partial charge in [0.2, 0.25) is 5.91 Å². The highest BCUT2D eigenvalue weighted by molar-refractivity contribution is 6.31. The molecule has 30 heavy (non-hydrogen) atoms. The number of fused-ring (bicyclic) bond motifs is 1. The van der Waals surface area contributed by atoms with Gasteiger partial charge in [0.05, 0.1) is 0 Å². The highest BCUT2D eigenvalue weighted by Crippen LogP contribution is 2.25. The average molecular weight is 426 g/mol. The van der Waals surface area contributed by atoms with Crippen molar-refractivity contribution in [2.24, 2.45) is 0 Å². The van der Waals surface area contributed by atoms with E-state index >= 15 is 0 Å². The number of anilines is 1. The summed E-state index contributed by atoms with van der Waals surface area (Å²) in [6.45, 7) is 2.14. The largest absolute Gasteiger partial charge is 0.477 e. The second-order valence-corrected chi connectivity index (χ2v) is 7.60. The summed E-state index contributed by atoms with van der Waals surface area (Å²) < 4.78 is 1.52. The number of carbonyl (C=O) groups excluding carboxylic acids is 2. The normalized spacial score (nSPS) is 14.2. The number of aldehydes is 1. The molecule has 7 nitrogen and oxygen atoms in total. The van der Waals surface area contributed by atoms with Crippen molar-refractivity contribution in [1.82, 2.24) is 9.47 Å². The Morgan fingerprint density at radius 3 is 2.47 bits per heavy atom. The van der Waals surface area contributed by atoms with Crippen molar-refractivity contribution in [3.8, 4) is 0 Å². The maximum Gasteiger partial charge on any atom is 0.352 e. The smallest absolute Gasteiger partial charge is 0.352 e. The first-order valence-electron chi connectivity index (χ1n) is 9.57. The number of amides is 1. The number of carboxylic acid groups (broad SMARTS) is 1. The third-order valence-electron chi connectivity index (χ3n) is 5.41. The van der Waals surface area contributed by atoms with E-state index in [-0.39, 0.29) is 18.1 Å². The molecule has 2 heterocycles. The van der Waals surface area contributed by atoms with Crippen LogP contribution in [0.15, 0.2) is 48.5 Å². The van der Waals surface area contributed by atoms with Gasteiger partial charge < -0.3 is 19.5 Å². The zero-order valence-electron chi connectivity index (χ0n) is 16.1. The van der Waals surface area contributed by atoms with E-state index in [2.05, 4.69) is 4.90 Å². The van der Waals surface area contributed by atoms with Crippen LogP contribution < -0.4 is 4.90 Å². The number of para-hydroxylation sites is 1. The van der Waals surface area contributed by atoms with E-state index in [4.69, 9.17) is 11.6 Å². The van der Waals surface area contributed by atoms with Crippen LogP contribution in [0.5, 0.6) is 0 Å². The fourth-order valence-electron chi connectivity index (χ4n) is 3.90. The van der Waals surface area contributed by atoms with Crippen molar-refractivity contribution in [1.29, 1.82) is 0 Å². The Labute approximate surface area is 178 Å². The molecule has 1 aliphatic rings. The number of hydrogen-bond donors (Lipinski definition) is 1. The number of carbonyl (C=O) groups is 3. The molecule has 1 aromatic heterocycles. The van der Waals surface area contributed by atoms with Crippen molar-refractivity contribution < 1.29 is 19.5 Å². The predicted molar refractivity (Wildman–Crippen MR) is 115 cm³/mol. The molecule has 1 N–H and O–H groups in total. The van der Waals surface area contributed by atoms with Gasteiger partial charge in [0.15, 0.2) is 6.29 Å². The molecular weight excluding hydrogens is 406 g/mol. The number of aromatic nitrogens is 1. The predicted octanol–water partition coefficient (Wildman–Crippen LogP) is 3.15. The van der Waals surface area contributed by atoms with Crippen molar-refractivity contribution in [2.45, 2.75) is 6.54 Å². The van der Waals surface area contributed by atoms with Gasteiger partial charge in [-0.3, -0.25) is 9.59 Å². The number of carboxylic acids is 1. The van der Waals surface area contributed by atoms with Crippen LogP contribution in [0.4, 0.5) is 5.69 Å². The molecule has 2 aromatic carbocycles. The maximum atomic E-state index is 12.9. The van der Waals surface area contributed by atoms with Crippen LogP contribution in [0.2, 0.25) is 5.02 Å². The van der Waals surface area contributed by atoms with Crippen LogP contribution in [0.1, 0.15) is 20.8 Å². The monoisotopic (exact) mass is 425 g/mol. The Kier molecular flexibility index (Phi) is 5.46. The minimum atomic E-state index is -1.09. The number of piperazine rings is 1. The molecule has 0 saturated carbocycles. The summed E-state index contributed by atoms with van der Waals surface area (Å²) >= 11 is 6.01. The zero-order chi connectivity index (χ0) is 21.3. The van der Waals surface area contributed by atoms with Crippen LogP contribution in [-0.4, -0.2) is 58.9 Å². The summed E-state index contributed by atoms with van der Waals surface area (Å²) in [5, 5.41) is 10.7. The van der Waals surface area contributed by atoms with E-state index < -0.39 is 5.97 Å². The maximum absolute atomic E-state index is 12.9. The molecule has 0 aliphatic carbocycles. The van der Waals surface area contributed by atoms with E-state index in [0.717, 1.165) is 12.0 Å². The van der Waals surface area contributed by atoms with Crippen LogP contribution in [0.25, 0.3) is 10.9 Å². The average Bonchev–Trinajstić information content (AvgIpc) is 3.11. The summed E-state index contributed by atoms with van der Waals surface area (Å²) in [6.07, 6.45) is 0.837. The molecule has 0 atom stereocenters. The standard InChI is InChI=1S/C22H20ClN3O4/c23-17-5-6-19-16(11-17)12-20(22(29)30)26(19)13-21(28)25-9-7-24(8-10-25)18-4-2-1-3-15(18)14-27/h1-6,11-12,14H,7-10,13H2,(H,29,30). The van der Waals surface area contributed by atoms with Crippen LogP contribution in [0, 0.1) is 0 Å². The summed E-state index contributed by atoms with van der Waals surface area (Å²) in [4.78, 5) is 39.7. The van der Waals surface area contributed by atoms with Gasteiger partial charge in [-0.2, -0.15) is 0 Å². The fraction of sp³-hybridized carbons (Fsp3) is 0.227. The molecule has 4 rings (SSSR count). The van der Waals surface area contributed by atoms with E-state index in [1.807, 2.05) is 18.2 Å². The number of halogens is 1. The topological polar surface area (TPSA) is 82.9 Å². The van der Waals surface area contributed by atoms with Gasteiger partial charge in [-0.1, -0.05) is 23.7 Å². The molecule has 1 saturated heterocycles. The second-order valence-electron chi connectivity index (χ2n) is 7.17. The Bertz CT molecular complexity index is 1130. The number of aromatic carboxylic acids is 1. The first-order chi connectivity index (χ1) is 14.5. The minimum Gasteiger partial charge on any atom is -0.477 e. The molecule has 8 heteroatoms. The lowest BCUT2D eigenvalue weighted by atomic mass is 10.1. The van der Waals surface area contributed by atoms with E-state index in [1.165, 1.54) is 10.6 Å². The Morgan fingerprint density at radius 1 is 1.03 bits per heavy atom. The Hall–Kier alpha value is -3.32. The molecule has 3 aromatic rings. The van der Waals surface area contributed by atoms with Gasteiger partial charge in [0.25, 0.3) is 0 Å². The van der Waals surface area contributed by atoms with Crippen molar-refractivity contribution in [3.05, 3.63) is 64.8 Å². The van der Waals surface area contributed by atoms with Gasteiger partial charge in [-0.05, 0) is 36.4 Å². The Morgan fingerprint density at radius 2 is 1.77 bits per heavy atom. The SMILES string of the molecule is O=Cc1ccccc1N1CCN(C(=O)Cn2c(C(=O)O)cc3cc(Cl)ccc32)CC1. The van der Waals surface area contributed by atoms with E-state index in [9.17, 15) is 19.5 Å². The summed E-state index contributed by atoms with van der Waals surface area (Å²) in [6, 6.07) is 14.0. The number of rotatable bonds is 5. The molecule has 1 amide bonds. The van der Waals surface area contributed by atoms with E-state index in [0.29, 0.717) is 47.7 Å². The van der Waals surface area contributed by atoms with Gasteiger partial charge in [0.1, 0.15) is 12.2 Å². The number of nitrogens with zero attached hydrogens (tertiary/aromatic N) is 3. The third-order valence-corrected chi connectivity index (χ3v) is 5.65. The zero-order valence-corrected chi connectivity index (χ0v) is 16.9. The highest BCUT2D eigenvalue weighted by atomic mass is 35.5. The molecular formula is C22H20ClN3O4. The lowest BCUT2D eigenvalue weighted by Gasteiger charge is -2.36. The number of hydrogen-bond acceptors (Lipinski definition) is 4. The molecule has 1 aliphatic heterocycles. The molecule has 154 valence electrons. The fourth-order valence-corrected chi connectivity index (χ4v) is 4.08. The van der Waals surface area contributed by atoms with E-state index in [1.54, 1.807) is 29.2 Å². The first-order valence-corrected chi connectivity index (χ1v) is 9.95. The third kappa shape index (κ3) is 3.76. The quantitative estimate of drug-likeness (QED) is 0.635. The van der Waals surface area contributed by atoms with Gasteiger partial charge in [0, 0.05) is 53.4 Å². The van der Waals surface area contributed by atoms with Crippen LogP contribution in [0.3, 0.4) is 0 Å². The highest BCUT2D eigenvalue weighted by Gasteiger charge is 2.24. The van der Waals surface area contributed by atoms with Crippen molar-refractivity contribution >= 4 is 46.4 Å². The lowest BCUT2D eigenvalue weighted by molar-refractivity contribution is -0.132. The lowest BCUT2D eigenvalue weighted by Crippen LogP contribution is -2.50. The summed E-state index contributed by atoms with van der Waals surface area (Å²) in [7, 11) is 0. The summed E-state index contributed by atoms with van der Waals surface area (Å²) in [5.41, 5.74) is 2.20.